The third-order valence-electron chi connectivity index (χ3n) is 4.08. The minimum atomic E-state index is 0. The van der Waals surface area contributed by atoms with E-state index in [1.807, 2.05) is 34.2 Å². The summed E-state index contributed by atoms with van der Waals surface area (Å²) in [7, 11) is 0. The predicted octanol–water partition coefficient (Wildman–Crippen LogP) is 5.64. The average molecular weight is 560 g/mol. The van der Waals surface area contributed by atoms with Crippen molar-refractivity contribution in [2.24, 2.45) is 0 Å². The Balaban J connectivity index is 0.00000182. The van der Waals surface area contributed by atoms with E-state index in [1.165, 1.54) is 11.1 Å². The van der Waals surface area contributed by atoms with E-state index in [0.29, 0.717) is 12.2 Å². The van der Waals surface area contributed by atoms with E-state index in [1.54, 1.807) is 11.3 Å². The zero-order chi connectivity index (χ0) is 16.5. The van der Waals surface area contributed by atoms with Crippen LogP contribution >= 0.6 is 27.3 Å². The molecule has 0 amide bonds. The second-order valence-corrected chi connectivity index (χ2v) is 7.34. The monoisotopic (exact) mass is 559 g/mol. The molecule has 0 atom stereocenters. The molecule has 0 aliphatic heterocycles. The molecule has 2 heterocycles. The van der Waals surface area contributed by atoms with Crippen molar-refractivity contribution in [2.45, 2.75) is 6.54 Å². The molecule has 0 bridgehead atoms. The van der Waals surface area contributed by atoms with Crippen molar-refractivity contribution in [1.82, 2.24) is 4.57 Å². The van der Waals surface area contributed by atoms with Crippen molar-refractivity contribution in [3.05, 3.63) is 81.8 Å². The molecule has 1 radical (unpaired) electrons. The fourth-order valence-electron chi connectivity index (χ4n) is 2.90. The van der Waals surface area contributed by atoms with E-state index in [2.05, 4.69) is 58.6 Å². The van der Waals surface area contributed by atoms with Gasteiger partial charge in [-0.1, -0.05) is 60.3 Å². The number of halogens is 1. The van der Waals surface area contributed by atoms with Crippen LogP contribution < -0.4 is 0 Å². The summed E-state index contributed by atoms with van der Waals surface area (Å²) in [6.07, 6.45) is 2.05. The van der Waals surface area contributed by atoms with Crippen LogP contribution in [-0.4, -0.2) is 10.9 Å². The van der Waals surface area contributed by atoms with Crippen molar-refractivity contribution in [2.75, 3.05) is 0 Å². The molecule has 0 saturated carbocycles. The molecule has 4 rings (SSSR count). The van der Waals surface area contributed by atoms with Crippen LogP contribution in [0.1, 0.15) is 11.3 Å². The van der Waals surface area contributed by atoms with Crippen molar-refractivity contribution in [3.8, 4) is 11.1 Å². The number of hydrogen-bond donors (Lipinski definition) is 0. The average Bonchev–Trinajstić information content (AvgIpc) is 3.16. The Morgan fingerprint density at radius 2 is 1.68 bits per heavy atom. The first-order valence-electron chi connectivity index (χ1n) is 7.55. The van der Waals surface area contributed by atoms with Gasteiger partial charge in [0.25, 0.3) is 0 Å². The third-order valence-corrected chi connectivity index (χ3v) is 5.91. The summed E-state index contributed by atoms with van der Waals surface area (Å²) in [6, 6.07) is 20.7. The minimum Gasteiger partial charge on any atom is -0.417 e. The largest absolute Gasteiger partial charge is 0.417 e. The maximum absolute atomic E-state index is 11.3. The maximum Gasteiger partial charge on any atom is 0.0532 e. The van der Waals surface area contributed by atoms with Gasteiger partial charge in [-0.2, -0.15) is 17.4 Å². The van der Waals surface area contributed by atoms with Crippen LogP contribution in [0.15, 0.2) is 70.5 Å². The summed E-state index contributed by atoms with van der Waals surface area (Å²) in [5.41, 5.74) is 5.20. The van der Waals surface area contributed by atoms with E-state index in [-0.39, 0.29) is 37.7 Å². The van der Waals surface area contributed by atoms with Gasteiger partial charge in [-0.15, -0.1) is 0 Å². The number of thiophene rings is 1. The zero-order valence-electron chi connectivity index (χ0n) is 13.0. The van der Waals surface area contributed by atoms with Crippen molar-refractivity contribution >= 4 is 43.8 Å². The number of aromatic nitrogens is 1. The molecule has 0 N–H and O–H groups in total. The van der Waals surface area contributed by atoms with Gasteiger partial charge >= 0.3 is 0 Å². The van der Waals surface area contributed by atoms with Crippen molar-refractivity contribution in [1.29, 1.82) is 0 Å². The Hall–Kier alpha value is -0.910. The Morgan fingerprint density at radius 3 is 2.36 bits per heavy atom. The van der Waals surface area contributed by atoms with Crippen LogP contribution in [0.2, 0.25) is 0 Å². The number of rotatable bonds is 4. The van der Waals surface area contributed by atoms with Gasteiger partial charge in [-0.05, 0) is 37.3 Å². The fourth-order valence-corrected chi connectivity index (χ4v) is 4.59. The summed E-state index contributed by atoms with van der Waals surface area (Å²) in [4.78, 5) is 11.3. The molecule has 2 nitrogen and oxygen atoms in total. The second-order valence-electron chi connectivity index (χ2n) is 5.58. The molecule has 2 aromatic carbocycles. The van der Waals surface area contributed by atoms with Crippen molar-refractivity contribution in [3.63, 3.8) is 0 Å². The van der Waals surface area contributed by atoms with Gasteiger partial charge in [-0.25, -0.2) is 0 Å². The topological polar surface area (TPSA) is 22.0 Å². The summed E-state index contributed by atoms with van der Waals surface area (Å²) in [6.45, 7) is 0.651. The van der Waals surface area contributed by atoms with Gasteiger partial charge < -0.3 is 9.36 Å². The number of hydrogen-bond acceptors (Lipinski definition) is 2. The quantitative estimate of drug-likeness (QED) is 0.234. The van der Waals surface area contributed by atoms with Gasteiger partial charge in [0.05, 0.1) is 9.99 Å². The van der Waals surface area contributed by atoms with Crippen LogP contribution in [0.4, 0.5) is 0 Å². The van der Waals surface area contributed by atoms with Gasteiger partial charge in [0.2, 0.25) is 0 Å². The van der Waals surface area contributed by atoms with Crippen LogP contribution in [0.25, 0.3) is 21.3 Å². The summed E-state index contributed by atoms with van der Waals surface area (Å²) in [5, 5.41) is 2.05. The summed E-state index contributed by atoms with van der Waals surface area (Å²) in [5.74, 6) is 0. The van der Waals surface area contributed by atoms with Gasteiger partial charge in [0, 0.05) is 55.9 Å². The molecule has 5 heteroatoms. The Morgan fingerprint density at radius 1 is 1.00 bits per heavy atom. The van der Waals surface area contributed by atoms with Gasteiger partial charge in [0.1, 0.15) is 0 Å². The molecule has 4 aromatic rings. The first-order chi connectivity index (χ1) is 11.8. The molecule has 2 aromatic heterocycles. The number of carbonyl (C=O) groups excluding carboxylic acids is 1. The molecule has 0 spiro atoms. The molecule has 0 aliphatic rings. The number of benzene rings is 2. The van der Waals surface area contributed by atoms with Crippen LogP contribution in [0.5, 0.6) is 0 Å². The molecule has 25 heavy (non-hydrogen) atoms. The van der Waals surface area contributed by atoms with E-state index >= 15 is 0 Å². The first-order valence-corrected chi connectivity index (χ1v) is 9.22. The molecule has 0 aliphatic carbocycles. The Bertz CT molecular complexity index is 1010. The molecule has 129 valence electrons. The van der Waals surface area contributed by atoms with E-state index < -0.39 is 0 Å². The number of nitrogens with zero attached hydrogens (tertiary/aromatic N) is 1. The van der Waals surface area contributed by atoms with Gasteiger partial charge in [0.15, 0.2) is 0 Å². The number of fused-ring (bicyclic) bond motifs is 1. The van der Waals surface area contributed by atoms with E-state index in [9.17, 15) is 4.79 Å². The predicted molar refractivity (Wildman–Crippen MR) is 103 cm³/mol. The van der Waals surface area contributed by atoms with Crippen molar-refractivity contribution < 1.29 is 42.5 Å². The third kappa shape index (κ3) is 3.78. The molecule has 0 unspecified atom stereocenters. The maximum atomic E-state index is 11.3. The standard InChI is InChI=1S/C20H13BrNOS.Ho/c21-18-13-24-19-10-17(12-23)22(20(18)19)11-14-6-8-16(9-7-14)15-4-2-1-3-5-15;/h1-10,13H,11H2;/q-1;. The smallest absolute Gasteiger partial charge is 0.0532 e. The molecule has 0 fully saturated rings. The molecular formula is C20H13BrHoNOS-. The van der Waals surface area contributed by atoms with E-state index in [0.717, 1.165) is 20.3 Å². The van der Waals surface area contributed by atoms with E-state index in [4.69, 9.17) is 0 Å². The second kappa shape index (κ2) is 8.19. The summed E-state index contributed by atoms with van der Waals surface area (Å²) >= 11 is 5.20. The van der Waals surface area contributed by atoms with Crippen LogP contribution in [0, 0.1) is 37.7 Å². The normalized spacial score (nSPS) is 10.6. The molecular weight excluding hydrogens is 547 g/mol. The first kappa shape index (κ1) is 18.9. The van der Waals surface area contributed by atoms with Crippen LogP contribution in [0.3, 0.4) is 0 Å². The summed E-state index contributed by atoms with van der Waals surface area (Å²) < 4.78 is 4.13. The SMILES string of the molecule is O=[C-]c1cc2scc(Br)c2n1Cc1ccc(-c2ccccc2)cc1.[Ho]. The zero-order valence-corrected chi connectivity index (χ0v) is 17.3. The Labute approximate surface area is 188 Å². The van der Waals surface area contributed by atoms with Crippen LogP contribution in [-0.2, 0) is 11.3 Å². The minimum absolute atomic E-state index is 0. The molecule has 0 saturated heterocycles. The fraction of sp³-hybridized carbons (Fsp3) is 0.0500. The van der Waals surface area contributed by atoms with Gasteiger partial charge in [-0.3, -0.25) is 0 Å². The Kier molecular flexibility index (Phi) is 6.18.